The first kappa shape index (κ1) is 16.3. The van der Waals surface area contributed by atoms with Gasteiger partial charge in [0.05, 0.1) is 18.8 Å². The summed E-state index contributed by atoms with van der Waals surface area (Å²) in [7, 11) is 0. The van der Waals surface area contributed by atoms with Gasteiger partial charge in [0, 0.05) is 5.69 Å². The van der Waals surface area contributed by atoms with Gasteiger partial charge in [-0.15, -0.1) is 5.10 Å². The number of nitrogens with one attached hydrogen (secondary N) is 1. The van der Waals surface area contributed by atoms with E-state index < -0.39 is 0 Å². The topological polar surface area (TPSA) is 85.8 Å². The molecule has 0 radical (unpaired) electrons. The molecule has 4 rings (SSSR count). The van der Waals surface area contributed by atoms with Gasteiger partial charge in [-0.3, -0.25) is 4.79 Å². The molecular formula is C20H21N5O. The Labute approximate surface area is 152 Å². The Bertz CT molecular complexity index is 919. The first-order valence-corrected chi connectivity index (χ1v) is 8.82. The summed E-state index contributed by atoms with van der Waals surface area (Å²) < 4.78 is 1.68. The van der Waals surface area contributed by atoms with Gasteiger partial charge in [-0.25, -0.2) is 4.68 Å². The van der Waals surface area contributed by atoms with Crippen molar-refractivity contribution in [3.05, 3.63) is 77.1 Å². The minimum Gasteiger partial charge on any atom is -0.399 e. The number of fused-ring (bicyclic) bond motifs is 1. The largest absolute Gasteiger partial charge is 0.399 e. The van der Waals surface area contributed by atoms with Crippen molar-refractivity contribution in [2.24, 2.45) is 0 Å². The standard InChI is InChI=1S/C20H21N5O/c21-16-9-10-17-15(11-16)7-4-8-18(17)22-20(26)19-13-25(24-23-19)12-14-5-2-1-3-6-14/h1-3,5-6,9-11,13,18H,4,7-8,12,21H2,(H,22,26). The smallest absolute Gasteiger partial charge is 0.273 e. The number of aromatic nitrogens is 3. The van der Waals surface area contributed by atoms with Crippen LogP contribution in [0.15, 0.2) is 54.7 Å². The van der Waals surface area contributed by atoms with Crippen molar-refractivity contribution in [2.45, 2.75) is 31.8 Å². The quantitative estimate of drug-likeness (QED) is 0.711. The van der Waals surface area contributed by atoms with Crippen LogP contribution in [0.1, 0.15) is 46.1 Å². The number of nitrogens with two attached hydrogens (primary N) is 1. The van der Waals surface area contributed by atoms with Crippen LogP contribution in [0.5, 0.6) is 0 Å². The second-order valence-corrected chi connectivity index (χ2v) is 6.66. The Balaban J connectivity index is 1.46. The summed E-state index contributed by atoms with van der Waals surface area (Å²) in [6.45, 7) is 0.590. The Morgan fingerprint density at radius 3 is 2.92 bits per heavy atom. The molecule has 1 aromatic heterocycles. The highest BCUT2D eigenvalue weighted by molar-refractivity contribution is 5.92. The number of carbonyl (C=O) groups is 1. The summed E-state index contributed by atoms with van der Waals surface area (Å²) in [5.41, 5.74) is 10.5. The molecule has 6 heteroatoms. The Kier molecular flexibility index (Phi) is 4.39. The zero-order valence-corrected chi connectivity index (χ0v) is 14.4. The van der Waals surface area contributed by atoms with Crippen LogP contribution in [0.25, 0.3) is 0 Å². The molecule has 6 nitrogen and oxygen atoms in total. The van der Waals surface area contributed by atoms with Gasteiger partial charge < -0.3 is 11.1 Å². The zero-order chi connectivity index (χ0) is 17.9. The van der Waals surface area contributed by atoms with E-state index in [4.69, 9.17) is 5.73 Å². The van der Waals surface area contributed by atoms with E-state index in [9.17, 15) is 4.79 Å². The molecule has 1 aliphatic carbocycles. The number of nitrogen functional groups attached to an aromatic ring is 1. The number of aryl methyl sites for hydroxylation is 1. The van der Waals surface area contributed by atoms with Gasteiger partial charge in [-0.1, -0.05) is 41.6 Å². The van der Waals surface area contributed by atoms with E-state index in [0.717, 1.165) is 36.1 Å². The van der Waals surface area contributed by atoms with Crippen molar-refractivity contribution >= 4 is 11.6 Å². The van der Waals surface area contributed by atoms with Crippen LogP contribution in [0.2, 0.25) is 0 Å². The van der Waals surface area contributed by atoms with Gasteiger partial charge in [0.25, 0.3) is 5.91 Å². The average Bonchev–Trinajstić information content (AvgIpc) is 3.11. The predicted octanol–water partition coefficient (Wildman–Crippen LogP) is 2.72. The van der Waals surface area contributed by atoms with Gasteiger partial charge in [0.2, 0.25) is 0 Å². The summed E-state index contributed by atoms with van der Waals surface area (Å²) in [5, 5.41) is 11.2. The summed E-state index contributed by atoms with van der Waals surface area (Å²) in [4.78, 5) is 12.6. The highest BCUT2D eigenvalue weighted by Gasteiger charge is 2.23. The minimum absolute atomic E-state index is 0.00822. The van der Waals surface area contributed by atoms with Crippen molar-refractivity contribution < 1.29 is 4.79 Å². The SMILES string of the molecule is Nc1ccc2c(c1)CCCC2NC(=O)c1cn(Cc2ccccc2)nn1. The molecule has 0 aliphatic heterocycles. The van der Waals surface area contributed by atoms with Gasteiger partial charge >= 0.3 is 0 Å². The highest BCUT2D eigenvalue weighted by atomic mass is 16.2. The fourth-order valence-electron chi connectivity index (χ4n) is 3.47. The monoisotopic (exact) mass is 347 g/mol. The molecule has 3 aromatic rings. The van der Waals surface area contributed by atoms with E-state index in [1.807, 2.05) is 48.5 Å². The van der Waals surface area contributed by atoms with Crippen molar-refractivity contribution in [3.8, 4) is 0 Å². The lowest BCUT2D eigenvalue weighted by Crippen LogP contribution is -2.31. The third-order valence-corrected chi connectivity index (χ3v) is 4.75. The molecule has 1 unspecified atom stereocenters. The molecule has 0 bridgehead atoms. The predicted molar refractivity (Wildman–Crippen MR) is 99.6 cm³/mol. The van der Waals surface area contributed by atoms with Crippen LogP contribution in [0.3, 0.4) is 0 Å². The normalized spacial score (nSPS) is 16.1. The second kappa shape index (κ2) is 7.00. The Hall–Kier alpha value is -3.15. The number of rotatable bonds is 4. The molecule has 0 spiro atoms. The maximum atomic E-state index is 12.6. The van der Waals surface area contributed by atoms with Crippen LogP contribution in [-0.2, 0) is 13.0 Å². The van der Waals surface area contributed by atoms with Crippen molar-refractivity contribution in [3.63, 3.8) is 0 Å². The summed E-state index contributed by atoms with van der Waals surface area (Å²) >= 11 is 0. The van der Waals surface area contributed by atoms with E-state index in [1.54, 1.807) is 10.9 Å². The summed E-state index contributed by atoms with van der Waals surface area (Å²) in [5.74, 6) is -0.195. The van der Waals surface area contributed by atoms with Crippen LogP contribution >= 0.6 is 0 Å². The lowest BCUT2D eigenvalue weighted by atomic mass is 9.87. The van der Waals surface area contributed by atoms with Crippen molar-refractivity contribution in [2.75, 3.05) is 5.73 Å². The average molecular weight is 347 g/mol. The first-order valence-electron chi connectivity index (χ1n) is 8.82. The number of hydrogen-bond acceptors (Lipinski definition) is 4. The number of anilines is 1. The number of carbonyl (C=O) groups excluding carboxylic acids is 1. The zero-order valence-electron chi connectivity index (χ0n) is 14.4. The molecule has 2 aromatic carbocycles. The third-order valence-electron chi connectivity index (χ3n) is 4.75. The van der Waals surface area contributed by atoms with Crippen LogP contribution < -0.4 is 11.1 Å². The third kappa shape index (κ3) is 3.44. The summed E-state index contributed by atoms with van der Waals surface area (Å²) in [6, 6.07) is 15.9. The van der Waals surface area contributed by atoms with Crippen LogP contribution in [-0.4, -0.2) is 20.9 Å². The number of nitrogens with zero attached hydrogens (tertiary/aromatic N) is 3. The number of benzene rings is 2. The van der Waals surface area contributed by atoms with Crippen LogP contribution in [0.4, 0.5) is 5.69 Å². The van der Waals surface area contributed by atoms with Gasteiger partial charge in [-0.05, 0) is 48.1 Å². The van der Waals surface area contributed by atoms with Gasteiger partial charge in [-0.2, -0.15) is 0 Å². The second-order valence-electron chi connectivity index (χ2n) is 6.66. The molecule has 0 saturated heterocycles. The van der Waals surface area contributed by atoms with E-state index in [-0.39, 0.29) is 11.9 Å². The first-order chi connectivity index (χ1) is 12.7. The number of amides is 1. The van der Waals surface area contributed by atoms with E-state index in [2.05, 4.69) is 15.6 Å². The molecule has 1 heterocycles. The molecule has 0 saturated carbocycles. The van der Waals surface area contributed by atoms with Crippen molar-refractivity contribution in [1.82, 2.24) is 20.3 Å². The number of hydrogen-bond donors (Lipinski definition) is 2. The van der Waals surface area contributed by atoms with E-state index in [0.29, 0.717) is 12.2 Å². The Morgan fingerprint density at radius 1 is 1.23 bits per heavy atom. The maximum Gasteiger partial charge on any atom is 0.273 e. The highest BCUT2D eigenvalue weighted by Crippen LogP contribution is 2.31. The van der Waals surface area contributed by atoms with Crippen molar-refractivity contribution in [1.29, 1.82) is 0 Å². The molecule has 1 atom stereocenters. The fourth-order valence-corrected chi connectivity index (χ4v) is 3.47. The molecule has 26 heavy (non-hydrogen) atoms. The van der Waals surface area contributed by atoms with E-state index in [1.165, 1.54) is 5.56 Å². The summed E-state index contributed by atoms with van der Waals surface area (Å²) in [6.07, 6.45) is 4.64. The molecule has 1 aliphatic rings. The Morgan fingerprint density at radius 2 is 2.08 bits per heavy atom. The lowest BCUT2D eigenvalue weighted by Gasteiger charge is -2.26. The fraction of sp³-hybridized carbons (Fsp3) is 0.250. The lowest BCUT2D eigenvalue weighted by molar-refractivity contribution is 0.0927. The van der Waals surface area contributed by atoms with Gasteiger partial charge in [0.15, 0.2) is 5.69 Å². The minimum atomic E-state index is -0.195. The molecule has 0 fully saturated rings. The molecule has 132 valence electrons. The molecular weight excluding hydrogens is 326 g/mol. The van der Waals surface area contributed by atoms with E-state index >= 15 is 0 Å². The molecule has 3 N–H and O–H groups in total. The maximum absolute atomic E-state index is 12.6. The molecule has 1 amide bonds. The van der Waals surface area contributed by atoms with Crippen LogP contribution in [0, 0.1) is 0 Å². The van der Waals surface area contributed by atoms with Gasteiger partial charge in [0.1, 0.15) is 0 Å².